The maximum Gasteiger partial charge on any atom is 0.341 e. The summed E-state index contributed by atoms with van der Waals surface area (Å²) in [6.45, 7) is 1.10. The second-order valence-corrected chi connectivity index (χ2v) is 4.45. The van der Waals surface area contributed by atoms with E-state index < -0.39 is 6.03 Å². The standard InChI is InChI=1S/C15H17N3O2/c1-17(20)15(19)16-9-12-18-10-7-14(8-11-18)13-5-3-2-4-6-13/h2-8,10-11,20H,9,12H2,1H3/p+1. The highest BCUT2D eigenvalue weighted by Gasteiger charge is 2.06. The van der Waals surface area contributed by atoms with Crippen LogP contribution in [0.5, 0.6) is 0 Å². The average Bonchev–Trinajstić information content (AvgIpc) is 2.48. The van der Waals surface area contributed by atoms with Crippen molar-refractivity contribution in [3.8, 4) is 11.1 Å². The number of nitrogens with zero attached hydrogens (tertiary/aromatic N) is 2. The van der Waals surface area contributed by atoms with Crippen LogP contribution in [-0.2, 0) is 6.54 Å². The Hall–Kier alpha value is -2.40. The largest absolute Gasteiger partial charge is 0.341 e. The molecule has 0 radical (unpaired) electrons. The zero-order chi connectivity index (χ0) is 14.4. The van der Waals surface area contributed by atoms with Crippen LogP contribution in [0.25, 0.3) is 11.1 Å². The van der Waals surface area contributed by atoms with Crippen molar-refractivity contribution >= 4 is 6.03 Å². The highest BCUT2D eigenvalue weighted by molar-refractivity contribution is 5.72. The number of hydrogen-bond acceptors (Lipinski definition) is 2. The van der Waals surface area contributed by atoms with Gasteiger partial charge in [-0.2, -0.15) is 0 Å². The maximum absolute atomic E-state index is 11.1. The molecular formula is C15H18N3O2+. The fraction of sp³-hybridized carbons (Fsp3) is 0.200. The molecule has 0 aliphatic heterocycles. The first-order valence-electron chi connectivity index (χ1n) is 6.42. The lowest BCUT2D eigenvalue weighted by Gasteiger charge is -2.08. The second-order valence-electron chi connectivity index (χ2n) is 4.45. The third kappa shape index (κ3) is 3.80. The lowest BCUT2D eigenvalue weighted by molar-refractivity contribution is -0.694. The number of hydrogen-bond donors (Lipinski definition) is 2. The van der Waals surface area contributed by atoms with Crippen LogP contribution >= 0.6 is 0 Å². The monoisotopic (exact) mass is 272 g/mol. The van der Waals surface area contributed by atoms with E-state index in [-0.39, 0.29) is 0 Å². The number of urea groups is 1. The molecule has 2 amide bonds. The molecule has 0 saturated heterocycles. The summed E-state index contributed by atoms with van der Waals surface area (Å²) in [5.41, 5.74) is 2.33. The third-order valence-corrected chi connectivity index (χ3v) is 2.94. The van der Waals surface area contributed by atoms with E-state index >= 15 is 0 Å². The van der Waals surface area contributed by atoms with Gasteiger partial charge in [0, 0.05) is 19.2 Å². The van der Waals surface area contributed by atoms with Crippen molar-refractivity contribution in [3.05, 3.63) is 54.9 Å². The molecule has 0 spiro atoms. The van der Waals surface area contributed by atoms with Crippen LogP contribution in [-0.4, -0.2) is 29.9 Å². The Morgan fingerprint density at radius 1 is 1.15 bits per heavy atom. The molecule has 1 heterocycles. The number of nitrogens with one attached hydrogen (secondary N) is 1. The van der Waals surface area contributed by atoms with Gasteiger partial charge in [-0.25, -0.2) is 14.4 Å². The molecule has 1 aromatic heterocycles. The average molecular weight is 272 g/mol. The summed E-state index contributed by atoms with van der Waals surface area (Å²) in [5, 5.41) is 12.0. The van der Waals surface area contributed by atoms with Crippen molar-refractivity contribution in [1.29, 1.82) is 0 Å². The Labute approximate surface area is 118 Å². The highest BCUT2D eigenvalue weighted by Crippen LogP contribution is 2.16. The molecule has 2 N–H and O–H groups in total. The molecule has 0 unspecified atom stereocenters. The minimum absolute atomic E-state index is 0.457. The number of aromatic nitrogens is 1. The lowest BCUT2D eigenvalue weighted by atomic mass is 10.1. The van der Waals surface area contributed by atoms with Gasteiger partial charge in [-0.3, -0.25) is 5.21 Å². The van der Waals surface area contributed by atoms with E-state index in [4.69, 9.17) is 5.21 Å². The summed E-state index contributed by atoms with van der Waals surface area (Å²) in [5.74, 6) is 0. The van der Waals surface area contributed by atoms with E-state index in [2.05, 4.69) is 17.4 Å². The van der Waals surface area contributed by atoms with Gasteiger partial charge in [0.15, 0.2) is 18.9 Å². The van der Waals surface area contributed by atoms with Gasteiger partial charge < -0.3 is 5.32 Å². The predicted octanol–water partition coefficient (Wildman–Crippen LogP) is 1.67. The summed E-state index contributed by atoms with van der Waals surface area (Å²) in [4.78, 5) is 11.1. The molecule has 0 aliphatic carbocycles. The predicted molar refractivity (Wildman–Crippen MR) is 75.0 cm³/mol. The summed E-state index contributed by atoms with van der Waals surface area (Å²) in [6, 6.07) is 13.7. The van der Waals surface area contributed by atoms with Crippen molar-refractivity contribution in [2.75, 3.05) is 13.6 Å². The van der Waals surface area contributed by atoms with Crippen molar-refractivity contribution in [2.24, 2.45) is 0 Å². The van der Waals surface area contributed by atoms with Crippen molar-refractivity contribution in [3.63, 3.8) is 0 Å². The summed E-state index contributed by atoms with van der Waals surface area (Å²) >= 11 is 0. The van der Waals surface area contributed by atoms with Gasteiger partial charge >= 0.3 is 6.03 Å². The molecule has 0 fully saturated rings. The Balaban J connectivity index is 1.91. The Morgan fingerprint density at radius 3 is 2.35 bits per heavy atom. The normalized spacial score (nSPS) is 10.1. The summed E-state index contributed by atoms with van der Waals surface area (Å²) < 4.78 is 1.98. The first kappa shape index (κ1) is 14.0. The molecule has 2 aromatic rings. The van der Waals surface area contributed by atoms with E-state index in [1.54, 1.807) is 0 Å². The zero-order valence-corrected chi connectivity index (χ0v) is 11.4. The number of benzene rings is 1. The molecule has 5 heteroatoms. The van der Waals surface area contributed by atoms with E-state index in [1.165, 1.54) is 12.6 Å². The number of pyridine rings is 1. The SMILES string of the molecule is CN(O)C(=O)NCC[n+]1ccc(-c2ccccc2)cc1. The molecule has 0 atom stereocenters. The van der Waals surface area contributed by atoms with Crippen molar-refractivity contribution < 1.29 is 14.6 Å². The highest BCUT2D eigenvalue weighted by atomic mass is 16.5. The van der Waals surface area contributed by atoms with Crippen molar-refractivity contribution in [2.45, 2.75) is 6.54 Å². The van der Waals surface area contributed by atoms with Gasteiger partial charge in [-0.15, -0.1) is 0 Å². The molecule has 1 aromatic carbocycles. The first-order valence-corrected chi connectivity index (χ1v) is 6.42. The van der Waals surface area contributed by atoms with Gasteiger partial charge in [-0.05, 0) is 11.1 Å². The molecule has 20 heavy (non-hydrogen) atoms. The quantitative estimate of drug-likeness (QED) is 0.505. The van der Waals surface area contributed by atoms with E-state index in [0.29, 0.717) is 18.2 Å². The first-order chi connectivity index (χ1) is 9.66. The van der Waals surface area contributed by atoms with Crippen LogP contribution in [0.4, 0.5) is 4.79 Å². The van der Waals surface area contributed by atoms with Gasteiger partial charge in [0.1, 0.15) is 0 Å². The number of carbonyl (C=O) groups excluding carboxylic acids is 1. The minimum atomic E-state index is -0.508. The smallest absolute Gasteiger partial charge is 0.330 e. The van der Waals surface area contributed by atoms with Gasteiger partial charge in [0.25, 0.3) is 0 Å². The van der Waals surface area contributed by atoms with E-state index in [0.717, 1.165) is 5.56 Å². The molecule has 2 rings (SSSR count). The van der Waals surface area contributed by atoms with Gasteiger partial charge in [0.05, 0.1) is 6.54 Å². The maximum atomic E-state index is 11.1. The fourth-order valence-electron chi connectivity index (χ4n) is 1.84. The van der Waals surface area contributed by atoms with Crippen LogP contribution in [0, 0.1) is 0 Å². The number of rotatable bonds is 4. The molecular weight excluding hydrogens is 254 g/mol. The van der Waals surface area contributed by atoms with Gasteiger partial charge in [-0.1, -0.05) is 30.3 Å². The zero-order valence-electron chi connectivity index (χ0n) is 11.4. The Morgan fingerprint density at radius 2 is 1.75 bits per heavy atom. The third-order valence-electron chi connectivity index (χ3n) is 2.94. The van der Waals surface area contributed by atoms with E-state index in [1.807, 2.05) is 47.3 Å². The number of amides is 2. The number of carbonyl (C=O) groups is 1. The van der Waals surface area contributed by atoms with Crippen LogP contribution < -0.4 is 9.88 Å². The van der Waals surface area contributed by atoms with Gasteiger partial charge in [0.2, 0.25) is 0 Å². The number of hydroxylamine groups is 2. The van der Waals surface area contributed by atoms with Crippen LogP contribution in [0.1, 0.15) is 0 Å². The lowest BCUT2D eigenvalue weighted by Crippen LogP contribution is -2.43. The van der Waals surface area contributed by atoms with Crippen LogP contribution in [0.15, 0.2) is 54.9 Å². The fourth-order valence-corrected chi connectivity index (χ4v) is 1.84. The molecule has 5 nitrogen and oxygen atoms in total. The summed E-state index contributed by atoms with van der Waals surface area (Å²) in [7, 11) is 1.29. The summed E-state index contributed by atoms with van der Waals surface area (Å²) in [6.07, 6.45) is 3.94. The molecule has 0 saturated carbocycles. The van der Waals surface area contributed by atoms with Crippen molar-refractivity contribution in [1.82, 2.24) is 10.4 Å². The molecule has 0 bridgehead atoms. The topological polar surface area (TPSA) is 56.5 Å². The Bertz CT molecular complexity index is 553. The van der Waals surface area contributed by atoms with Crippen LogP contribution in [0.3, 0.4) is 0 Å². The molecule has 104 valence electrons. The minimum Gasteiger partial charge on any atom is -0.330 e. The molecule has 0 aliphatic rings. The second kappa shape index (κ2) is 6.68. The Kier molecular flexibility index (Phi) is 4.68. The van der Waals surface area contributed by atoms with Crippen LogP contribution in [0.2, 0.25) is 0 Å². The van der Waals surface area contributed by atoms with E-state index in [9.17, 15) is 4.79 Å².